The Balaban J connectivity index is 2.26. The minimum absolute atomic E-state index is 0.0176. The number of rotatable bonds is 3. The van der Waals surface area contributed by atoms with Crippen molar-refractivity contribution in [1.82, 2.24) is 0 Å². The highest BCUT2D eigenvalue weighted by Gasteiger charge is 2.32. The molecule has 0 bridgehead atoms. The molecular weight excluding hydrogens is 240 g/mol. The third kappa shape index (κ3) is 2.18. The lowest BCUT2D eigenvalue weighted by molar-refractivity contribution is -0.117. The van der Waals surface area contributed by atoms with Gasteiger partial charge in [-0.25, -0.2) is 4.79 Å². The van der Waals surface area contributed by atoms with Crippen LogP contribution in [0.2, 0.25) is 0 Å². The molecule has 0 radical (unpaired) electrons. The SMILES string of the molecule is COC(=O)c1sccc1N1CC(CN)CC1=O. The first-order valence-corrected chi connectivity index (χ1v) is 6.21. The average Bonchev–Trinajstić information content (AvgIpc) is 2.93. The van der Waals surface area contributed by atoms with Crippen LogP contribution in [0.3, 0.4) is 0 Å². The van der Waals surface area contributed by atoms with Gasteiger partial charge in [-0.15, -0.1) is 11.3 Å². The van der Waals surface area contributed by atoms with Gasteiger partial charge >= 0.3 is 5.97 Å². The number of ether oxygens (including phenoxy) is 1. The highest BCUT2D eigenvalue weighted by atomic mass is 32.1. The van der Waals surface area contributed by atoms with Crippen LogP contribution in [-0.4, -0.2) is 32.1 Å². The van der Waals surface area contributed by atoms with Crippen LogP contribution in [-0.2, 0) is 9.53 Å². The number of thiophene rings is 1. The standard InChI is InChI=1S/C11H14N2O3S/c1-16-11(15)10-8(2-3-17-10)13-6-7(5-12)4-9(13)14/h2-3,7H,4-6,12H2,1H3. The lowest BCUT2D eigenvalue weighted by atomic mass is 10.1. The van der Waals surface area contributed by atoms with Gasteiger partial charge < -0.3 is 15.4 Å². The molecule has 2 N–H and O–H groups in total. The zero-order chi connectivity index (χ0) is 12.4. The predicted molar refractivity (Wildman–Crippen MR) is 65.2 cm³/mol. The van der Waals surface area contributed by atoms with E-state index < -0.39 is 5.97 Å². The maximum atomic E-state index is 11.8. The van der Waals surface area contributed by atoms with Crippen LogP contribution in [0.25, 0.3) is 0 Å². The molecule has 1 unspecified atom stereocenters. The Hall–Kier alpha value is -1.40. The zero-order valence-corrected chi connectivity index (χ0v) is 10.3. The van der Waals surface area contributed by atoms with E-state index in [4.69, 9.17) is 10.5 Å². The largest absolute Gasteiger partial charge is 0.465 e. The van der Waals surface area contributed by atoms with Crippen molar-refractivity contribution < 1.29 is 14.3 Å². The Bertz CT molecular complexity index is 444. The maximum absolute atomic E-state index is 11.8. The Morgan fingerprint density at radius 3 is 3.06 bits per heavy atom. The number of nitrogens with two attached hydrogens (primary N) is 1. The molecule has 0 aromatic carbocycles. The number of nitrogens with zero attached hydrogens (tertiary/aromatic N) is 1. The summed E-state index contributed by atoms with van der Waals surface area (Å²) in [5, 5.41) is 1.78. The van der Waals surface area contributed by atoms with Crippen molar-refractivity contribution >= 4 is 28.9 Å². The van der Waals surface area contributed by atoms with E-state index in [1.54, 1.807) is 16.3 Å². The highest BCUT2D eigenvalue weighted by molar-refractivity contribution is 7.12. The second kappa shape index (κ2) is 4.85. The Labute approximate surface area is 103 Å². The Morgan fingerprint density at radius 1 is 1.71 bits per heavy atom. The smallest absolute Gasteiger partial charge is 0.350 e. The van der Waals surface area contributed by atoms with E-state index in [2.05, 4.69) is 0 Å². The summed E-state index contributed by atoms with van der Waals surface area (Å²) < 4.78 is 4.69. The molecule has 1 saturated heterocycles. The number of carbonyl (C=O) groups excluding carboxylic acids is 2. The van der Waals surface area contributed by atoms with E-state index in [0.717, 1.165) is 0 Å². The van der Waals surface area contributed by atoms with Gasteiger partial charge in [-0.3, -0.25) is 4.79 Å². The van der Waals surface area contributed by atoms with Crippen LogP contribution in [0.5, 0.6) is 0 Å². The third-order valence-electron chi connectivity index (χ3n) is 2.84. The van der Waals surface area contributed by atoms with Crippen molar-refractivity contribution in [3.8, 4) is 0 Å². The summed E-state index contributed by atoms with van der Waals surface area (Å²) in [6.07, 6.45) is 0.451. The summed E-state index contributed by atoms with van der Waals surface area (Å²) >= 11 is 1.28. The van der Waals surface area contributed by atoms with Crippen molar-refractivity contribution in [2.75, 3.05) is 25.1 Å². The van der Waals surface area contributed by atoms with Gasteiger partial charge in [0, 0.05) is 13.0 Å². The minimum Gasteiger partial charge on any atom is -0.465 e. The van der Waals surface area contributed by atoms with E-state index in [-0.39, 0.29) is 11.8 Å². The number of carbonyl (C=O) groups is 2. The lowest BCUT2D eigenvalue weighted by Crippen LogP contribution is -2.26. The Kier molecular flexibility index (Phi) is 3.44. The lowest BCUT2D eigenvalue weighted by Gasteiger charge is -2.16. The molecule has 1 aromatic rings. The number of hydrogen-bond acceptors (Lipinski definition) is 5. The molecule has 1 amide bonds. The molecule has 5 nitrogen and oxygen atoms in total. The summed E-state index contributed by atoms with van der Waals surface area (Å²) in [4.78, 5) is 25.5. The summed E-state index contributed by atoms with van der Waals surface area (Å²) in [7, 11) is 1.33. The summed E-state index contributed by atoms with van der Waals surface area (Å²) in [5.41, 5.74) is 6.21. The fraction of sp³-hybridized carbons (Fsp3) is 0.455. The molecule has 1 aliphatic rings. The monoisotopic (exact) mass is 254 g/mol. The van der Waals surface area contributed by atoms with Crippen LogP contribution < -0.4 is 10.6 Å². The van der Waals surface area contributed by atoms with Gasteiger partial charge in [0.15, 0.2) is 0 Å². The van der Waals surface area contributed by atoms with Gasteiger partial charge in [0.1, 0.15) is 4.88 Å². The van der Waals surface area contributed by atoms with E-state index in [9.17, 15) is 9.59 Å². The van der Waals surface area contributed by atoms with Gasteiger partial charge in [0.05, 0.1) is 12.8 Å². The normalized spacial score (nSPS) is 19.8. The number of amides is 1. The van der Waals surface area contributed by atoms with Gasteiger partial charge in [0.2, 0.25) is 5.91 Å². The molecule has 0 spiro atoms. The van der Waals surface area contributed by atoms with Crippen molar-refractivity contribution in [3.05, 3.63) is 16.3 Å². The molecule has 1 aromatic heterocycles. The molecule has 2 heterocycles. The van der Waals surface area contributed by atoms with E-state index in [1.165, 1.54) is 18.4 Å². The van der Waals surface area contributed by atoms with Crippen LogP contribution in [0.4, 0.5) is 5.69 Å². The first kappa shape index (κ1) is 12.1. The number of anilines is 1. The van der Waals surface area contributed by atoms with E-state index >= 15 is 0 Å². The topological polar surface area (TPSA) is 72.6 Å². The zero-order valence-electron chi connectivity index (χ0n) is 9.51. The number of esters is 1. The van der Waals surface area contributed by atoms with Gasteiger partial charge in [-0.1, -0.05) is 0 Å². The molecular formula is C11H14N2O3S. The van der Waals surface area contributed by atoms with Crippen LogP contribution in [0, 0.1) is 5.92 Å². The first-order chi connectivity index (χ1) is 8.17. The molecule has 1 atom stereocenters. The van der Waals surface area contributed by atoms with E-state index in [1.807, 2.05) is 0 Å². The summed E-state index contributed by atoms with van der Waals surface area (Å²) in [5.74, 6) is -0.212. The van der Waals surface area contributed by atoms with Gasteiger partial charge in [-0.05, 0) is 23.9 Å². The first-order valence-electron chi connectivity index (χ1n) is 5.33. The molecule has 0 aliphatic carbocycles. The average molecular weight is 254 g/mol. The third-order valence-corrected chi connectivity index (χ3v) is 3.73. The van der Waals surface area contributed by atoms with Crippen LogP contribution in [0.15, 0.2) is 11.4 Å². The second-order valence-corrected chi connectivity index (χ2v) is 4.85. The minimum atomic E-state index is -0.404. The molecule has 17 heavy (non-hydrogen) atoms. The van der Waals surface area contributed by atoms with Gasteiger partial charge in [-0.2, -0.15) is 0 Å². The summed E-state index contributed by atoms with van der Waals surface area (Å²) in [6.45, 7) is 1.07. The van der Waals surface area contributed by atoms with E-state index in [0.29, 0.717) is 30.1 Å². The molecule has 6 heteroatoms. The maximum Gasteiger partial charge on any atom is 0.350 e. The highest BCUT2D eigenvalue weighted by Crippen LogP contribution is 2.31. The number of hydrogen-bond donors (Lipinski definition) is 1. The Morgan fingerprint density at radius 2 is 2.47 bits per heavy atom. The molecule has 0 saturated carbocycles. The fourth-order valence-electron chi connectivity index (χ4n) is 1.93. The summed E-state index contributed by atoms with van der Waals surface area (Å²) in [6, 6.07) is 1.77. The predicted octanol–water partition coefficient (Wildman–Crippen LogP) is 0.846. The van der Waals surface area contributed by atoms with Crippen molar-refractivity contribution in [2.45, 2.75) is 6.42 Å². The van der Waals surface area contributed by atoms with Crippen molar-refractivity contribution in [3.63, 3.8) is 0 Å². The van der Waals surface area contributed by atoms with Crippen LogP contribution >= 0.6 is 11.3 Å². The van der Waals surface area contributed by atoms with Gasteiger partial charge in [0.25, 0.3) is 0 Å². The van der Waals surface area contributed by atoms with Crippen molar-refractivity contribution in [1.29, 1.82) is 0 Å². The second-order valence-electron chi connectivity index (χ2n) is 3.94. The molecule has 1 aliphatic heterocycles. The number of methoxy groups -OCH3 is 1. The van der Waals surface area contributed by atoms with Crippen LogP contribution in [0.1, 0.15) is 16.1 Å². The molecule has 2 rings (SSSR count). The molecule has 1 fully saturated rings. The quantitative estimate of drug-likeness (QED) is 0.811. The van der Waals surface area contributed by atoms with Crippen molar-refractivity contribution in [2.24, 2.45) is 11.7 Å². The molecule has 92 valence electrons. The fourth-order valence-corrected chi connectivity index (χ4v) is 2.74.